The largest absolute Gasteiger partial charge is 0.490 e. The van der Waals surface area contributed by atoms with Crippen molar-refractivity contribution in [2.24, 2.45) is 5.92 Å². The number of rotatable bonds is 5. The Kier molecular flexibility index (Phi) is 7.46. The van der Waals surface area contributed by atoms with Crippen LogP contribution in [0.4, 0.5) is 13.2 Å². The van der Waals surface area contributed by atoms with Gasteiger partial charge in [-0.25, -0.2) is 22.9 Å². The molecule has 12 heteroatoms. The second kappa shape index (κ2) is 9.23. The number of halogens is 3. The molecule has 0 spiro atoms. The number of aromatic nitrogens is 2. The first kappa shape index (κ1) is 22.6. The summed E-state index contributed by atoms with van der Waals surface area (Å²) < 4.78 is 59.2. The molecule has 1 aliphatic heterocycles. The summed E-state index contributed by atoms with van der Waals surface area (Å²) in [7, 11) is -3.15. The van der Waals surface area contributed by atoms with Gasteiger partial charge in [-0.05, 0) is 18.8 Å². The SMILES string of the molecule is CS(=O)(=O)NCC1CN(CC2CCCC2)Cc2cncn21.O=C(O)C(F)(F)F. The minimum absolute atomic E-state index is 0.132. The molecule has 1 aromatic rings. The zero-order chi connectivity index (χ0) is 20.9. The van der Waals surface area contributed by atoms with E-state index in [1.54, 1.807) is 0 Å². The number of carboxylic acids is 1. The molecule has 2 heterocycles. The van der Waals surface area contributed by atoms with Gasteiger partial charge in [0.05, 0.1) is 24.3 Å². The predicted octanol–water partition coefficient (Wildman–Crippen LogP) is 1.61. The lowest BCUT2D eigenvalue weighted by Crippen LogP contribution is -2.43. The number of nitrogens with zero attached hydrogens (tertiary/aromatic N) is 3. The van der Waals surface area contributed by atoms with Crippen molar-refractivity contribution in [1.82, 2.24) is 19.2 Å². The maximum atomic E-state index is 11.3. The molecule has 1 fully saturated rings. The summed E-state index contributed by atoms with van der Waals surface area (Å²) in [6.07, 6.45) is 5.22. The summed E-state index contributed by atoms with van der Waals surface area (Å²) in [4.78, 5) is 15.6. The van der Waals surface area contributed by atoms with Gasteiger partial charge >= 0.3 is 12.1 Å². The number of fused-ring (bicyclic) bond motifs is 1. The van der Waals surface area contributed by atoms with E-state index in [4.69, 9.17) is 9.90 Å². The number of carboxylic acid groups (broad SMARTS) is 1. The van der Waals surface area contributed by atoms with Gasteiger partial charge in [0, 0.05) is 32.4 Å². The topological polar surface area (TPSA) is 105 Å². The van der Waals surface area contributed by atoms with Crippen molar-refractivity contribution in [2.45, 2.75) is 44.4 Å². The summed E-state index contributed by atoms with van der Waals surface area (Å²) >= 11 is 0. The summed E-state index contributed by atoms with van der Waals surface area (Å²) in [5.41, 5.74) is 1.18. The third kappa shape index (κ3) is 7.06. The maximum Gasteiger partial charge on any atom is 0.490 e. The number of alkyl halides is 3. The quantitative estimate of drug-likeness (QED) is 0.741. The van der Waals surface area contributed by atoms with E-state index in [0.29, 0.717) is 6.54 Å². The third-order valence-corrected chi connectivity index (χ3v) is 5.50. The highest BCUT2D eigenvalue weighted by Gasteiger charge is 2.38. The number of sulfonamides is 1. The van der Waals surface area contributed by atoms with E-state index in [-0.39, 0.29) is 6.04 Å². The van der Waals surface area contributed by atoms with Crippen LogP contribution in [0.5, 0.6) is 0 Å². The van der Waals surface area contributed by atoms with Crippen LogP contribution in [0.1, 0.15) is 37.4 Å². The number of nitrogens with one attached hydrogen (secondary N) is 1. The van der Waals surface area contributed by atoms with Crippen LogP contribution in [-0.4, -0.2) is 66.0 Å². The molecule has 0 amide bonds. The fourth-order valence-corrected chi connectivity index (χ4v) is 4.07. The van der Waals surface area contributed by atoms with E-state index in [1.165, 1.54) is 37.6 Å². The van der Waals surface area contributed by atoms with E-state index < -0.39 is 22.2 Å². The molecule has 8 nitrogen and oxygen atoms in total. The van der Waals surface area contributed by atoms with Crippen LogP contribution in [0.25, 0.3) is 0 Å². The fraction of sp³-hybridized carbons (Fsp3) is 0.750. The Morgan fingerprint density at radius 2 is 1.96 bits per heavy atom. The van der Waals surface area contributed by atoms with Crippen LogP contribution >= 0.6 is 0 Å². The number of aliphatic carboxylic acids is 1. The van der Waals surface area contributed by atoms with E-state index in [2.05, 4.69) is 19.2 Å². The van der Waals surface area contributed by atoms with E-state index in [9.17, 15) is 21.6 Å². The average Bonchev–Trinajstić information content (AvgIpc) is 3.23. The van der Waals surface area contributed by atoms with Crippen molar-refractivity contribution < 1.29 is 31.5 Å². The van der Waals surface area contributed by atoms with Crippen molar-refractivity contribution >= 4 is 16.0 Å². The summed E-state index contributed by atoms with van der Waals surface area (Å²) in [5, 5.41) is 7.12. The molecule has 1 aliphatic carbocycles. The van der Waals surface area contributed by atoms with Gasteiger partial charge in [0.25, 0.3) is 0 Å². The summed E-state index contributed by atoms with van der Waals surface area (Å²) in [5.74, 6) is -1.95. The predicted molar refractivity (Wildman–Crippen MR) is 95.0 cm³/mol. The Bertz CT molecular complexity index is 760. The van der Waals surface area contributed by atoms with Crippen LogP contribution in [0, 0.1) is 5.92 Å². The van der Waals surface area contributed by atoms with Gasteiger partial charge < -0.3 is 9.67 Å². The second-order valence-corrected chi connectivity index (χ2v) is 9.05. The molecular formula is C16H25F3N4O4S. The number of hydrogen-bond donors (Lipinski definition) is 2. The number of carbonyl (C=O) groups is 1. The first-order valence-electron chi connectivity index (χ1n) is 8.93. The third-order valence-electron chi connectivity index (χ3n) is 4.81. The molecule has 160 valence electrons. The lowest BCUT2D eigenvalue weighted by molar-refractivity contribution is -0.192. The molecule has 1 saturated carbocycles. The van der Waals surface area contributed by atoms with Gasteiger partial charge in [0.15, 0.2) is 0 Å². The van der Waals surface area contributed by atoms with Crippen molar-refractivity contribution in [3.8, 4) is 0 Å². The van der Waals surface area contributed by atoms with Gasteiger partial charge in [0.2, 0.25) is 10.0 Å². The van der Waals surface area contributed by atoms with Crippen LogP contribution in [0.2, 0.25) is 0 Å². The van der Waals surface area contributed by atoms with Crippen molar-refractivity contribution in [1.29, 1.82) is 0 Å². The molecule has 1 unspecified atom stereocenters. The van der Waals surface area contributed by atoms with Crippen LogP contribution in [-0.2, 0) is 21.4 Å². The lowest BCUT2D eigenvalue weighted by atomic mass is 10.1. The lowest BCUT2D eigenvalue weighted by Gasteiger charge is -2.35. The molecule has 1 atom stereocenters. The van der Waals surface area contributed by atoms with Crippen molar-refractivity contribution in [3.63, 3.8) is 0 Å². The first-order chi connectivity index (χ1) is 13.0. The zero-order valence-electron chi connectivity index (χ0n) is 15.5. The number of hydrogen-bond acceptors (Lipinski definition) is 5. The second-order valence-electron chi connectivity index (χ2n) is 7.21. The molecule has 28 heavy (non-hydrogen) atoms. The van der Waals surface area contributed by atoms with Crippen molar-refractivity contribution in [3.05, 3.63) is 18.2 Å². The molecule has 2 aliphatic rings. The summed E-state index contributed by atoms with van der Waals surface area (Å²) in [6.45, 7) is 3.37. The molecular weight excluding hydrogens is 401 g/mol. The monoisotopic (exact) mass is 426 g/mol. The highest BCUT2D eigenvalue weighted by molar-refractivity contribution is 7.88. The minimum Gasteiger partial charge on any atom is -0.475 e. The highest BCUT2D eigenvalue weighted by atomic mass is 32.2. The van der Waals surface area contributed by atoms with E-state index in [0.717, 1.165) is 25.6 Å². The Balaban J connectivity index is 0.000000345. The van der Waals surface area contributed by atoms with Gasteiger partial charge in [-0.2, -0.15) is 13.2 Å². The van der Waals surface area contributed by atoms with Crippen molar-refractivity contribution in [2.75, 3.05) is 25.9 Å². The zero-order valence-corrected chi connectivity index (χ0v) is 16.3. The van der Waals surface area contributed by atoms with Crippen LogP contribution < -0.4 is 4.72 Å². The van der Waals surface area contributed by atoms with Gasteiger partial charge in [0.1, 0.15) is 0 Å². The Morgan fingerprint density at radius 1 is 1.36 bits per heavy atom. The molecule has 0 radical (unpaired) electrons. The van der Waals surface area contributed by atoms with Crippen LogP contribution in [0.3, 0.4) is 0 Å². The molecule has 0 saturated heterocycles. The van der Waals surface area contributed by atoms with Gasteiger partial charge in [-0.3, -0.25) is 4.90 Å². The normalized spacial score (nSPS) is 21.1. The van der Waals surface area contributed by atoms with E-state index in [1.807, 2.05) is 12.5 Å². The van der Waals surface area contributed by atoms with Crippen LogP contribution in [0.15, 0.2) is 12.5 Å². The standard InChI is InChI=1S/C14H24N4O2S.C2HF3O2/c1-21(19,20)16-7-14-10-17(8-12-4-2-3-5-12)9-13-6-15-11-18(13)14;3-2(4,5)1(6)7/h6,11-12,14,16H,2-5,7-10H2,1H3;(H,6,7). The molecule has 3 rings (SSSR count). The first-order valence-corrected chi connectivity index (χ1v) is 10.8. The Morgan fingerprint density at radius 3 is 2.50 bits per heavy atom. The average molecular weight is 426 g/mol. The molecule has 0 bridgehead atoms. The fourth-order valence-electron chi connectivity index (χ4n) is 3.57. The Hall–Kier alpha value is -1.66. The Labute approximate surface area is 161 Å². The molecule has 1 aromatic heterocycles. The summed E-state index contributed by atoms with van der Waals surface area (Å²) in [6, 6.07) is 0.132. The van der Waals surface area contributed by atoms with Gasteiger partial charge in [-0.1, -0.05) is 12.8 Å². The smallest absolute Gasteiger partial charge is 0.475 e. The maximum absolute atomic E-state index is 11.3. The molecule has 2 N–H and O–H groups in total. The number of imidazole rings is 1. The van der Waals surface area contributed by atoms with Gasteiger partial charge in [-0.15, -0.1) is 0 Å². The molecule has 0 aromatic carbocycles. The van der Waals surface area contributed by atoms with E-state index >= 15 is 0 Å². The minimum atomic E-state index is -5.08. The highest BCUT2D eigenvalue weighted by Crippen LogP contribution is 2.28.